The summed E-state index contributed by atoms with van der Waals surface area (Å²) in [6.07, 6.45) is 0. The van der Waals surface area contributed by atoms with Gasteiger partial charge in [0.15, 0.2) is 0 Å². The third kappa shape index (κ3) is 6.28. The molecule has 320 valence electrons. The molecule has 11 aromatic rings. The third-order valence-corrected chi connectivity index (χ3v) is 13.9. The molecule has 0 fully saturated rings. The zero-order valence-corrected chi connectivity index (χ0v) is 37.2. The van der Waals surface area contributed by atoms with E-state index >= 15 is 0 Å². The molecule has 0 bridgehead atoms. The Balaban J connectivity index is 0.985. The minimum absolute atomic E-state index is 0.538. The maximum Gasteiger partial charge on any atom is 0.137 e. The summed E-state index contributed by atoms with van der Waals surface area (Å²) in [6, 6.07) is 96.5. The number of fused-ring (bicyclic) bond motifs is 5. The van der Waals surface area contributed by atoms with Crippen molar-refractivity contribution < 1.29 is 4.74 Å². The molecule has 0 unspecified atom stereocenters. The first-order chi connectivity index (χ1) is 33.7. The van der Waals surface area contributed by atoms with E-state index < -0.39 is 5.41 Å². The Kier molecular flexibility index (Phi) is 9.40. The summed E-state index contributed by atoms with van der Waals surface area (Å²) in [5, 5.41) is 2.23. The Morgan fingerprint density at radius 3 is 1.46 bits per heavy atom. The predicted molar refractivity (Wildman–Crippen MR) is 282 cm³/mol. The van der Waals surface area contributed by atoms with Gasteiger partial charge in [-0.1, -0.05) is 188 Å². The second-order valence-corrected chi connectivity index (χ2v) is 17.6. The van der Waals surface area contributed by atoms with Crippen LogP contribution in [0.2, 0.25) is 0 Å². The van der Waals surface area contributed by atoms with Crippen LogP contribution in [0.15, 0.2) is 267 Å². The van der Waals surface area contributed by atoms with Crippen LogP contribution < -0.4 is 14.5 Å². The molecule has 0 saturated carbocycles. The largest absolute Gasteiger partial charge is 0.456 e. The van der Waals surface area contributed by atoms with E-state index in [1.54, 1.807) is 0 Å². The van der Waals surface area contributed by atoms with Gasteiger partial charge in [0.05, 0.1) is 11.1 Å². The van der Waals surface area contributed by atoms with Crippen LogP contribution in [-0.4, -0.2) is 0 Å². The predicted octanol–water partition coefficient (Wildman–Crippen LogP) is 17.6. The Morgan fingerprint density at radius 1 is 0.294 bits per heavy atom. The van der Waals surface area contributed by atoms with Crippen molar-refractivity contribution in [2.24, 2.45) is 0 Å². The summed E-state index contributed by atoms with van der Waals surface area (Å²) in [5.74, 6) is 1.66. The van der Waals surface area contributed by atoms with Gasteiger partial charge >= 0.3 is 0 Å². The average molecular weight is 869 g/mol. The fraction of sp³-hybridized carbons (Fsp3) is 0.0154. The number of rotatable bonds is 9. The lowest BCUT2D eigenvalue weighted by Gasteiger charge is -2.35. The molecule has 13 rings (SSSR count). The Morgan fingerprint density at radius 2 is 0.794 bits per heavy atom. The topological polar surface area (TPSA) is 15.7 Å². The van der Waals surface area contributed by atoms with Crippen LogP contribution in [0.25, 0.3) is 44.2 Å². The van der Waals surface area contributed by atoms with Crippen LogP contribution in [0.4, 0.5) is 34.1 Å². The van der Waals surface area contributed by atoms with E-state index in [4.69, 9.17) is 4.74 Å². The van der Waals surface area contributed by atoms with E-state index in [9.17, 15) is 0 Å². The lowest BCUT2D eigenvalue weighted by atomic mass is 9.67. The second kappa shape index (κ2) is 16.2. The van der Waals surface area contributed by atoms with Crippen molar-refractivity contribution in [1.29, 1.82) is 0 Å². The maximum absolute atomic E-state index is 7.06. The number of nitrogens with zero attached hydrogens (tertiary/aromatic N) is 2. The molecule has 3 heteroatoms. The third-order valence-electron chi connectivity index (χ3n) is 13.9. The van der Waals surface area contributed by atoms with Crippen LogP contribution in [0.3, 0.4) is 0 Å². The smallest absolute Gasteiger partial charge is 0.137 e. The van der Waals surface area contributed by atoms with Crippen LogP contribution >= 0.6 is 0 Å². The number of hydrogen-bond donors (Lipinski definition) is 0. The van der Waals surface area contributed by atoms with Gasteiger partial charge in [-0.2, -0.15) is 0 Å². The normalized spacial score (nSPS) is 12.6. The lowest BCUT2D eigenvalue weighted by Crippen LogP contribution is -2.28. The quantitative estimate of drug-likeness (QED) is 0.144. The van der Waals surface area contributed by atoms with Crippen molar-refractivity contribution in [2.45, 2.75) is 5.41 Å². The van der Waals surface area contributed by atoms with E-state index in [1.807, 2.05) is 0 Å². The Hall–Kier alpha value is -8.92. The van der Waals surface area contributed by atoms with Gasteiger partial charge in [-0.25, -0.2) is 0 Å². The Labute approximate surface area is 397 Å². The molecule has 0 spiro atoms. The molecule has 68 heavy (non-hydrogen) atoms. The molecule has 1 aliphatic carbocycles. The molecule has 0 atom stereocenters. The van der Waals surface area contributed by atoms with E-state index in [1.165, 1.54) is 44.5 Å². The highest BCUT2D eigenvalue weighted by atomic mass is 16.5. The number of para-hydroxylation sites is 2. The van der Waals surface area contributed by atoms with E-state index in [2.05, 4.69) is 277 Å². The van der Waals surface area contributed by atoms with Gasteiger partial charge in [0, 0.05) is 50.8 Å². The van der Waals surface area contributed by atoms with E-state index in [0.29, 0.717) is 0 Å². The molecule has 1 aliphatic heterocycles. The SMILES string of the molecule is c1ccc(-c2ccc(N(c3ccc4c(c3)Oc3ccc(N(c5ccccc5)c5ccccc5)c5cccc-4c35)c3ccc4c(c3)C(c3ccccc3)(c3ccccc3)c3ccccc3-4)cc2)cc1. The molecule has 3 nitrogen and oxygen atoms in total. The number of hydrogen-bond acceptors (Lipinski definition) is 3. The van der Waals surface area contributed by atoms with Gasteiger partial charge in [-0.3, -0.25) is 0 Å². The molecular weight excluding hydrogens is 825 g/mol. The summed E-state index contributed by atoms with van der Waals surface area (Å²) in [7, 11) is 0. The molecular formula is C65H44N2O. The molecule has 0 aromatic heterocycles. The van der Waals surface area contributed by atoms with Gasteiger partial charge < -0.3 is 14.5 Å². The summed E-state index contributed by atoms with van der Waals surface area (Å²) < 4.78 is 7.06. The summed E-state index contributed by atoms with van der Waals surface area (Å²) in [5.41, 5.74) is 18.0. The molecule has 0 amide bonds. The molecule has 0 saturated heterocycles. The van der Waals surface area contributed by atoms with Crippen molar-refractivity contribution in [1.82, 2.24) is 0 Å². The molecule has 0 radical (unpaired) electrons. The second-order valence-electron chi connectivity index (χ2n) is 17.6. The fourth-order valence-electron chi connectivity index (χ4n) is 11.0. The minimum atomic E-state index is -0.538. The molecule has 2 aliphatic rings. The van der Waals surface area contributed by atoms with Crippen LogP contribution in [0.5, 0.6) is 11.5 Å². The fourth-order valence-corrected chi connectivity index (χ4v) is 11.0. The summed E-state index contributed by atoms with van der Waals surface area (Å²) in [6.45, 7) is 0. The number of ether oxygens (including phenoxy) is 1. The van der Waals surface area contributed by atoms with Gasteiger partial charge in [-0.15, -0.1) is 0 Å². The highest BCUT2D eigenvalue weighted by Crippen LogP contribution is 2.58. The monoisotopic (exact) mass is 868 g/mol. The molecule has 0 N–H and O–H groups in total. The highest BCUT2D eigenvalue weighted by Gasteiger charge is 2.46. The van der Waals surface area contributed by atoms with Crippen molar-refractivity contribution in [3.8, 4) is 44.9 Å². The van der Waals surface area contributed by atoms with Crippen LogP contribution in [-0.2, 0) is 5.41 Å². The number of anilines is 6. The summed E-state index contributed by atoms with van der Waals surface area (Å²) >= 11 is 0. The van der Waals surface area contributed by atoms with Crippen LogP contribution in [0.1, 0.15) is 22.3 Å². The standard InChI is InChI=1S/C65H44N2O/c1-6-19-45(20-7-1)46-33-35-51(36-34-46)66(52-37-39-55-54-29-16-17-32-59(54)65(60(55)43-52,47-21-8-2-9-22-47)48-23-10-3-11-24-48)53-38-40-56-57-30-18-31-58-61(41-42-62(64(57)58)68-63(56)44-53)67(49-25-12-4-13-26-49)50-27-14-5-15-28-50/h1-44H. The van der Waals surface area contributed by atoms with Crippen molar-refractivity contribution in [2.75, 3.05) is 9.80 Å². The van der Waals surface area contributed by atoms with Crippen molar-refractivity contribution in [3.63, 3.8) is 0 Å². The minimum Gasteiger partial charge on any atom is -0.456 e. The average Bonchev–Trinajstić information content (AvgIpc) is 3.71. The van der Waals surface area contributed by atoms with Gasteiger partial charge in [-0.05, 0) is 123 Å². The van der Waals surface area contributed by atoms with Crippen molar-refractivity contribution >= 4 is 44.9 Å². The molecule has 1 heterocycles. The first-order valence-electron chi connectivity index (χ1n) is 23.3. The van der Waals surface area contributed by atoms with Gasteiger partial charge in [0.25, 0.3) is 0 Å². The van der Waals surface area contributed by atoms with Gasteiger partial charge in [0.1, 0.15) is 11.5 Å². The first kappa shape index (κ1) is 39.4. The zero-order chi connectivity index (χ0) is 45.0. The Bertz CT molecular complexity index is 3550. The molecule has 11 aromatic carbocycles. The van der Waals surface area contributed by atoms with E-state index in [0.717, 1.165) is 67.5 Å². The van der Waals surface area contributed by atoms with Crippen molar-refractivity contribution in [3.05, 3.63) is 289 Å². The first-order valence-corrected chi connectivity index (χ1v) is 23.3. The number of benzene rings is 11. The lowest BCUT2D eigenvalue weighted by molar-refractivity contribution is 0.487. The van der Waals surface area contributed by atoms with Gasteiger partial charge in [0.2, 0.25) is 0 Å². The van der Waals surface area contributed by atoms with Crippen LogP contribution in [0, 0.1) is 0 Å². The zero-order valence-electron chi connectivity index (χ0n) is 37.2. The summed E-state index contributed by atoms with van der Waals surface area (Å²) in [4.78, 5) is 4.72. The van der Waals surface area contributed by atoms with E-state index in [-0.39, 0.29) is 0 Å². The maximum atomic E-state index is 7.06. The highest BCUT2D eigenvalue weighted by molar-refractivity contribution is 6.11.